The van der Waals surface area contributed by atoms with E-state index < -0.39 is 11.7 Å². The molecule has 0 N–H and O–H groups in total. The Morgan fingerprint density at radius 2 is 1.64 bits per heavy atom. The zero-order valence-electron chi connectivity index (χ0n) is 7.81. The van der Waals surface area contributed by atoms with Crippen LogP contribution in [0, 0.1) is 5.92 Å². The molecule has 76 valence electrons. The van der Waals surface area contributed by atoms with Gasteiger partial charge in [-0.25, -0.2) is 0 Å². The van der Waals surface area contributed by atoms with Gasteiger partial charge in [-0.15, -0.1) is 0 Å². The Balaban J connectivity index is 2.18. The second kappa shape index (κ2) is 3.01. The summed E-state index contributed by atoms with van der Waals surface area (Å²) in [7, 11) is 0. The smallest absolute Gasteiger partial charge is 0.166 e. The fraction of sp³-hybridized carbons (Fsp3) is 0.455. The van der Waals surface area contributed by atoms with Crippen molar-refractivity contribution in [2.24, 2.45) is 5.92 Å². The summed E-state index contributed by atoms with van der Waals surface area (Å²) in [5, 5.41) is 0. The monoisotopic (exact) mass is 200 g/mol. The van der Waals surface area contributed by atoms with Gasteiger partial charge in [-0.05, 0) is 36.0 Å². The minimum absolute atomic E-state index is 0.484. The number of benzene rings is 1. The van der Waals surface area contributed by atoms with Gasteiger partial charge in [0.2, 0.25) is 0 Å². The molecular weight excluding hydrogens is 189 g/mol. The zero-order valence-corrected chi connectivity index (χ0v) is 7.81. The summed E-state index contributed by atoms with van der Waals surface area (Å²) in [6.07, 6.45) is -3.11. The van der Waals surface area contributed by atoms with E-state index in [-0.39, 0.29) is 0 Å². The topological polar surface area (TPSA) is 0 Å². The molecular formula is C11H11F3. The molecule has 1 aromatic rings. The van der Waals surface area contributed by atoms with E-state index in [1.165, 1.54) is 12.1 Å². The first-order valence-electron chi connectivity index (χ1n) is 4.65. The highest BCUT2D eigenvalue weighted by molar-refractivity contribution is 5.30. The van der Waals surface area contributed by atoms with Gasteiger partial charge >= 0.3 is 6.18 Å². The zero-order chi connectivity index (χ0) is 10.3. The molecule has 0 radical (unpaired) electrons. The normalized spacial score (nSPS) is 26.3. The van der Waals surface area contributed by atoms with Crippen molar-refractivity contribution in [3.63, 3.8) is 0 Å². The Labute approximate surface area is 80.7 Å². The predicted molar refractivity (Wildman–Crippen MR) is 48.0 cm³/mol. The van der Waals surface area contributed by atoms with Crippen molar-refractivity contribution in [3.05, 3.63) is 35.4 Å². The molecule has 0 nitrogen and oxygen atoms in total. The molecule has 2 rings (SSSR count). The van der Waals surface area contributed by atoms with Crippen LogP contribution in [0.4, 0.5) is 13.2 Å². The van der Waals surface area contributed by atoms with Crippen molar-refractivity contribution < 1.29 is 13.2 Å². The summed E-state index contributed by atoms with van der Waals surface area (Å²) in [5.74, 6) is 1.11. The molecule has 1 aliphatic carbocycles. The minimum atomic E-state index is -4.21. The van der Waals surface area contributed by atoms with Gasteiger partial charge in [0.15, 0.2) is 0 Å². The van der Waals surface area contributed by atoms with E-state index in [4.69, 9.17) is 0 Å². The van der Waals surface area contributed by atoms with Gasteiger partial charge in [0.25, 0.3) is 0 Å². The maximum atomic E-state index is 12.2. The van der Waals surface area contributed by atoms with Crippen molar-refractivity contribution in [2.45, 2.75) is 25.4 Å². The van der Waals surface area contributed by atoms with E-state index in [1.807, 2.05) is 0 Å². The predicted octanol–water partition coefficient (Wildman–Crippen LogP) is 3.83. The molecule has 1 fully saturated rings. The summed E-state index contributed by atoms with van der Waals surface area (Å²) in [6.45, 7) is 2.11. The Bertz CT molecular complexity index is 323. The van der Waals surface area contributed by atoms with Crippen molar-refractivity contribution >= 4 is 0 Å². The average Bonchev–Trinajstić information content (AvgIpc) is 2.81. The third kappa shape index (κ3) is 1.76. The molecule has 0 saturated heterocycles. The number of hydrogen-bond donors (Lipinski definition) is 0. The SMILES string of the molecule is CC1C[C@H]1c1ccc(C(F)(F)F)cc1. The largest absolute Gasteiger partial charge is 0.416 e. The highest BCUT2D eigenvalue weighted by Crippen LogP contribution is 2.47. The standard InChI is InChI=1S/C11H11F3/c1-7-6-10(7)8-2-4-9(5-3-8)11(12,13)14/h2-5,7,10H,6H2,1H3/t7?,10-/m1/s1. The number of alkyl halides is 3. The lowest BCUT2D eigenvalue weighted by Crippen LogP contribution is -2.04. The second-order valence-electron chi connectivity index (χ2n) is 3.94. The number of hydrogen-bond acceptors (Lipinski definition) is 0. The molecule has 2 atom stereocenters. The van der Waals surface area contributed by atoms with Crippen LogP contribution in [-0.2, 0) is 6.18 Å². The fourth-order valence-corrected chi connectivity index (χ4v) is 1.71. The lowest BCUT2D eigenvalue weighted by atomic mass is 10.1. The summed E-state index contributed by atoms with van der Waals surface area (Å²) >= 11 is 0. The van der Waals surface area contributed by atoms with Crippen LogP contribution in [0.3, 0.4) is 0 Å². The van der Waals surface area contributed by atoms with Gasteiger partial charge < -0.3 is 0 Å². The third-order valence-corrected chi connectivity index (χ3v) is 2.78. The first-order valence-corrected chi connectivity index (χ1v) is 4.65. The van der Waals surface area contributed by atoms with E-state index in [9.17, 15) is 13.2 Å². The fourth-order valence-electron chi connectivity index (χ4n) is 1.71. The molecule has 3 heteroatoms. The van der Waals surface area contributed by atoms with E-state index in [1.54, 1.807) is 12.1 Å². The molecule has 0 heterocycles. The molecule has 0 aliphatic heterocycles. The van der Waals surface area contributed by atoms with Gasteiger partial charge in [0, 0.05) is 0 Å². The first kappa shape index (κ1) is 9.56. The van der Waals surface area contributed by atoms with Gasteiger partial charge in [-0.2, -0.15) is 13.2 Å². The van der Waals surface area contributed by atoms with Crippen LogP contribution in [0.1, 0.15) is 30.4 Å². The van der Waals surface area contributed by atoms with Crippen LogP contribution in [0.15, 0.2) is 24.3 Å². The van der Waals surface area contributed by atoms with E-state index >= 15 is 0 Å². The van der Waals surface area contributed by atoms with Crippen molar-refractivity contribution in [1.82, 2.24) is 0 Å². The summed E-state index contributed by atoms with van der Waals surface area (Å²) in [6, 6.07) is 5.52. The highest BCUT2D eigenvalue weighted by Gasteiger charge is 2.35. The molecule has 14 heavy (non-hydrogen) atoms. The Kier molecular flexibility index (Phi) is 2.05. The first-order chi connectivity index (χ1) is 6.48. The summed E-state index contributed by atoms with van der Waals surface area (Å²) in [5.41, 5.74) is 0.472. The molecule has 0 aromatic heterocycles. The summed E-state index contributed by atoms with van der Waals surface area (Å²) < 4.78 is 36.6. The van der Waals surface area contributed by atoms with Crippen LogP contribution in [-0.4, -0.2) is 0 Å². The number of halogens is 3. The van der Waals surface area contributed by atoms with Gasteiger partial charge in [-0.3, -0.25) is 0 Å². The highest BCUT2D eigenvalue weighted by atomic mass is 19.4. The maximum Gasteiger partial charge on any atom is 0.416 e. The molecule has 0 amide bonds. The number of rotatable bonds is 1. The van der Waals surface area contributed by atoms with Crippen LogP contribution >= 0.6 is 0 Å². The lowest BCUT2D eigenvalue weighted by Gasteiger charge is -2.06. The minimum Gasteiger partial charge on any atom is -0.166 e. The quantitative estimate of drug-likeness (QED) is 0.646. The molecule has 0 spiro atoms. The average molecular weight is 200 g/mol. The third-order valence-electron chi connectivity index (χ3n) is 2.78. The van der Waals surface area contributed by atoms with Crippen LogP contribution < -0.4 is 0 Å². The van der Waals surface area contributed by atoms with Crippen LogP contribution in [0.2, 0.25) is 0 Å². The lowest BCUT2D eigenvalue weighted by molar-refractivity contribution is -0.137. The maximum absolute atomic E-state index is 12.2. The Morgan fingerprint density at radius 3 is 2.00 bits per heavy atom. The van der Waals surface area contributed by atoms with Crippen LogP contribution in [0.5, 0.6) is 0 Å². The molecule has 1 saturated carbocycles. The molecule has 1 aromatic carbocycles. The van der Waals surface area contributed by atoms with E-state index in [0.29, 0.717) is 11.8 Å². The van der Waals surface area contributed by atoms with Crippen molar-refractivity contribution in [2.75, 3.05) is 0 Å². The molecule has 1 unspecified atom stereocenters. The molecule has 0 bridgehead atoms. The Hall–Kier alpha value is -0.990. The van der Waals surface area contributed by atoms with E-state index in [0.717, 1.165) is 12.0 Å². The molecule has 1 aliphatic rings. The van der Waals surface area contributed by atoms with Gasteiger partial charge in [0.1, 0.15) is 0 Å². The van der Waals surface area contributed by atoms with Gasteiger partial charge in [-0.1, -0.05) is 19.1 Å². The summed E-state index contributed by atoms with van der Waals surface area (Å²) in [4.78, 5) is 0. The van der Waals surface area contributed by atoms with Crippen molar-refractivity contribution in [1.29, 1.82) is 0 Å². The van der Waals surface area contributed by atoms with Crippen molar-refractivity contribution in [3.8, 4) is 0 Å². The van der Waals surface area contributed by atoms with Gasteiger partial charge in [0.05, 0.1) is 5.56 Å². The van der Waals surface area contributed by atoms with Crippen LogP contribution in [0.25, 0.3) is 0 Å². The Morgan fingerprint density at radius 1 is 1.14 bits per heavy atom. The van der Waals surface area contributed by atoms with E-state index in [2.05, 4.69) is 6.92 Å². The second-order valence-corrected chi connectivity index (χ2v) is 3.94.